The fourth-order valence-corrected chi connectivity index (χ4v) is 3.49. The molecule has 2 aromatic carbocycles. The third-order valence-electron chi connectivity index (χ3n) is 5.31. The number of carbonyl (C=O) groups excluding carboxylic acids is 1. The van der Waals surface area contributed by atoms with Crippen LogP contribution in [-0.2, 0) is 24.0 Å². The maximum absolute atomic E-state index is 13.2. The molecule has 188 valence electrons. The Morgan fingerprint density at radius 2 is 1.86 bits per heavy atom. The number of ether oxygens (including phenoxy) is 1. The molecule has 0 atom stereocenters. The summed E-state index contributed by atoms with van der Waals surface area (Å²) in [4.78, 5) is 24.9. The van der Waals surface area contributed by atoms with Crippen LogP contribution in [0.2, 0.25) is 0 Å². The van der Waals surface area contributed by atoms with Crippen molar-refractivity contribution in [1.29, 1.82) is 0 Å². The normalized spacial score (nSPS) is 11.6. The second kappa shape index (κ2) is 10.6. The van der Waals surface area contributed by atoms with Gasteiger partial charge in [-0.25, -0.2) is 24.1 Å². The first kappa shape index (κ1) is 24.9. The van der Waals surface area contributed by atoms with E-state index in [9.17, 15) is 22.4 Å². The van der Waals surface area contributed by atoms with E-state index in [1.165, 1.54) is 24.3 Å². The molecule has 8 nitrogen and oxygen atoms in total. The smallest absolute Gasteiger partial charge is 0.416 e. The van der Waals surface area contributed by atoms with Gasteiger partial charge >= 0.3 is 12.3 Å². The van der Waals surface area contributed by atoms with Crippen molar-refractivity contribution < 1.29 is 27.1 Å². The maximum atomic E-state index is 13.2. The van der Waals surface area contributed by atoms with E-state index in [2.05, 4.69) is 20.3 Å². The first-order chi connectivity index (χ1) is 17.2. The molecule has 1 amide bonds. The summed E-state index contributed by atoms with van der Waals surface area (Å²) < 4.78 is 58.5. The zero-order chi connectivity index (χ0) is 25.7. The molecule has 0 saturated heterocycles. The van der Waals surface area contributed by atoms with Crippen molar-refractivity contribution in [3.8, 4) is 11.4 Å². The van der Waals surface area contributed by atoms with E-state index in [0.29, 0.717) is 47.5 Å². The van der Waals surface area contributed by atoms with Gasteiger partial charge in [0.25, 0.3) is 0 Å². The number of hydrogen-bond acceptors (Lipinski definition) is 6. The van der Waals surface area contributed by atoms with E-state index in [4.69, 9.17) is 10.5 Å². The van der Waals surface area contributed by atoms with Crippen molar-refractivity contribution in [3.63, 3.8) is 0 Å². The Morgan fingerprint density at radius 3 is 2.61 bits per heavy atom. The number of fused-ring (bicyclic) bond motifs is 1. The van der Waals surface area contributed by atoms with Gasteiger partial charge in [-0.15, -0.1) is 0 Å². The second-order valence-electron chi connectivity index (χ2n) is 7.94. The largest absolute Gasteiger partial charge is 0.450 e. The minimum Gasteiger partial charge on any atom is -0.450 e. The lowest BCUT2D eigenvalue weighted by atomic mass is 10.1. The molecule has 0 bridgehead atoms. The van der Waals surface area contributed by atoms with Crippen molar-refractivity contribution >= 4 is 23.1 Å². The predicted octanol–water partition coefficient (Wildman–Crippen LogP) is 4.94. The SMILES string of the molecule is Nc1nc(-c2ccc(F)cc2)nc2c1ncn2CCCCOC(=O)NCc1cccc(C(F)(F)F)c1. The van der Waals surface area contributed by atoms with Gasteiger partial charge < -0.3 is 20.4 Å². The van der Waals surface area contributed by atoms with Crippen molar-refractivity contribution in [2.75, 3.05) is 12.3 Å². The molecule has 0 aliphatic rings. The summed E-state index contributed by atoms with van der Waals surface area (Å²) in [5.74, 6) is 0.186. The Balaban J connectivity index is 1.26. The van der Waals surface area contributed by atoms with Crippen LogP contribution in [0.1, 0.15) is 24.0 Å². The lowest BCUT2D eigenvalue weighted by Gasteiger charge is -2.10. The molecule has 4 aromatic rings. The molecule has 0 fully saturated rings. The molecule has 2 heterocycles. The first-order valence-corrected chi connectivity index (χ1v) is 11.0. The fourth-order valence-electron chi connectivity index (χ4n) is 3.49. The van der Waals surface area contributed by atoms with Crippen LogP contribution in [-0.4, -0.2) is 32.2 Å². The van der Waals surface area contributed by atoms with Crippen LogP contribution in [0.5, 0.6) is 0 Å². The summed E-state index contributed by atoms with van der Waals surface area (Å²) in [5.41, 5.74) is 7.15. The maximum Gasteiger partial charge on any atom is 0.416 e. The number of anilines is 1. The van der Waals surface area contributed by atoms with Crippen molar-refractivity contribution in [3.05, 3.63) is 71.8 Å². The fraction of sp³-hybridized carbons (Fsp3) is 0.250. The molecule has 36 heavy (non-hydrogen) atoms. The van der Waals surface area contributed by atoms with Crippen LogP contribution in [0, 0.1) is 5.82 Å². The molecule has 4 rings (SSSR count). The quantitative estimate of drug-likeness (QED) is 0.261. The topological polar surface area (TPSA) is 108 Å². The van der Waals surface area contributed by atoms with Gasteiger partial charge in [-0.3, -0.25) is 0 Å². The first-order valence-electron chi connectivity index (χ1n) is 11.0. The summed E-state index contributed by atoms with van der Waals surface area (Å²) in [6, 6.07) is 10.5. The standard InChI is InChI=1S/C24H22F4N6O2/c25-18-8-6-16(7-9-18)21-32-20(29)19-22(33-21)34(14-31-19)10-1-2-11-36-23(35)30-13-15-4-3-5-17(12-15)24(26,27)28/h3-9,12,14H,1-2,10-11,13H2,(H,30,35)(H2,29,32,33). The van der Waals surface area contributed by atoms with Crippen molar-refractivity contribution in [2.45, 2.75) is 32.1 Å². The van der Waals surface area contributed by atoms with Gasteiger partial charge in [-0.2, -0.15) is 13.2 Å². The highest BCUT2D eigenvalue weighted by Crippen LogP contribution is 2.29. The van der Waals surface area contributed by atoms with Gasteiger partial charge in [-0.1, -0.05) is 12.1 Å². The molecule has 0 radical (unpaired) electrons. The lowest BCUT2D eigenvalue weighted by molar-refractivity contribution is -0.137. The number of alkyl halides is 3. The van der Waals surface area contributed by atoms with E-state index in [1.54, 1.807) is 23.0 Å². The van der Waals surface area contributed by atoms with Crippen LogP contribution in [0.15, 0.2) is 54.9 Å². The number of nitrogen functional groups attached to an aromatic ring is 1. The number of halogens is 4. The minimum atomic E-state index is -4.45. The minimum absolute atomic E-state index is 0.0820. The van der Waals surface area contributed by atoms with Crippen LogP contribution in [0.3, 0.4) is 0 Å². The highest BCUT2D eigenvalue weighted by atomic mass is 19.4. The van der Waals surface area contributed by atoms with Gasteiger partial charge in [0.05, 0.1) is 18.5 Å². The molecular formula is C24H22F4N6O2. The average Bonchev–Trinajstić information content (AvgIpc) is 3.26. The van der Waals surface area contributed by atoms with E-state index in [1.807, 2.05) is 0 Å². The number of imidazole rings is 1. The Morgan fingerprint density at radius 1 is 1.08 bits per heavy atom. The number of amides is 1. The van der Waals surface area contributed by atoms with E-state index in [-0.39, 0.29) is 24.8 Å². The molecular weight excluding hydrogens is 480 g/mol. The number of benzene rings is 2. The average molecular weight is 502 g/mol. The van der Waals surface area contributed by atoms with Crippen molar-refractivity contribution in [1.82, 2.24) is 24.8 Å². The summed E-state index contributed by atoms with van der Waals surface area (Å²) in [6.07, 6.45) is -2.42. The number of nitrogens with two attached hydrogens (primary N) is 1. The Labute approximate surface area is 203 Å². The summed E-state index contributed by atoms with van der Waals surface area (Å²) in [5, 5.41) is 2.44. The number of carbonyl (C=O) groups is 1. The molecule has 0 spiro atoms. The highest BCUT2D eigenvalue weighted by molar-refractivity contribution is 5.83. The van der Waals surface area contributed by atoms with Gasteiger partial charge in [0.2, 0.25) is 0 Å². The Bertz CT molecular complexity index is 1360. The van der Waals surface area contributed by atoms with E-state index in [0.717, 1.165) is 12.1 Å². The van der Waals surface area contributed by atoms with Crippen LogP contribution in [0.4, 0.5) is 28.2 Å². The number of aryl methyl sites for hydroxylation is 1. The van der Waals surface area contributed by atoms with Crippen LogP contribution < -0.4 is 11.1 Å². The summed E-state index contributed by atoms with van der Waals surface area (Å²) in [6.45, 7) is 0.561. The van der Waals surface area contributed by atoms with Crippen LogP contribution in [0.25, 0.3) is 22.6 Å². The van der Waals surface area contributed by atoms with E-state index < -0.39 is 17.8 Å². The Hall–Kier alpha value is -4.22. The van der Waals surface area contributed by atoms with E-state index >= 15 is 0 Å². The lowest BCUT2D eigenvalue weighted by Crippen LogP contribution is -2.24. The molecule has 2 aromatic heterocycles. The van der Waals surface area contributed by atoms with Gasteiger partial charge in [0.1, 0.15) is 11.3 Å². The molecule has 0 aliphatic carbocycles. The number of aromatic nitrogens is 4. The second-order valence-corrected chi connectivity index (χ2v) is 7.94. The molecule has 0 unspecified atom stereocenters. The number of unbranched alkanes of at least 4 members (excludes halogenated alkanes) is 1. The monoisotopic (exact) mass is 502 g/mol. The van der Waals surface area contributed by atoms with Crippen molar-refractivity contribution in [2.24, 2.45) is 0 Å². The molecule has 0 aliphatic heterocycles. The van der Waals surface area contributed by atoms with Crippen LogP contribution >= 0.6 is 0 Å². The zero-order valence-corrected chi connectivity index (χ0v) is 18.9. The summed E-state index contributed by atoms with van der Waals surface area (Å²) >= 11 is 0. The predicted molar refractivity (Wildman–Crippen MR) is 124 cm³/mol. The number of nitrogens with one attached hydrogen (secondary N) is 1. The molecule has 12 heteroatoms. The zero-order valence-electron chi connectivity index (χ0n) is 18.9. The summed E-state index contributed by atoms with van der Waals surface area (Å²) in [7, 11) is 0. The van der Waals surface area contributed by atoms with Gasteiger partial charge in [-0.05, 0) is 54.8 Å². The Kier molecular flexibility index (Phi) is 7.32. The molecule has 3 N–H and O–H groups in total. The number of rotatable bonds is 8. The number of nitrogens with zero attached hydrogens (tertiary/aromatic N) is 4. The number of hydrogen-bond donors (Lipinski definition) is 2. The molecule has 0 saturated carbocycles. The number of alkyl carbamates (subject to hydrolysis) is 1. The third kappa shape index (κ3) is 6.06. The third-order valence-corrected chi connectivity index (χ3v) is 5.31. The highest BCUT2D eigenvalue weighted by Gasteiger charge is 2.30. The van der Waals surface area contributed by atoms with Gasteiger partial charge in [0, 0.05) is 18.7 Å². The van der Waals surface area contributed by atoms with Gasteiger partial charge in [0.15, 0.2) is 17.3 Å².